The minimum absolute atomic E-state index is 0.0345. The van der Waals surface area contributed by atoms with Crippen LogP contribution in [0.2, 0.25) is 0 Å². The van der Waals surface area contributed by atoms with Gasteiger partial charge in [-0.25, -0.2) is 9.97 Å². The summed E-state index contributed by atoms with van der Waals surface area (Å²) in [5.41, 5.74) is 3.04. The molecule has 1 fully saturated rings. The number of anilines is 2. The third-order valence-electron chi connectivity index (χ3n) is 4.51. The van der Waals surface area contributed by atoms with Crippen LogP contribution in [0.3, 0.4) is 0 Å². The SMILES string of the molecule is CCc1ccccc1NC(=O)[C@@H]1CCCN(c2nccc(C)n2)C1. The lowest BCUT2D eigenvalue weighted by molar-refractivity contribution is -0.120. The summed E-state index contributed by atoms with van der Waals surface area (Å²) in [6, 6.07) is 9.89. The Morgan fingerprint density at radius 1 is 1.33 bits per heavy atom. The average Bonchev–Trinajstić information content (AvgIpc) is 2.62. The van der Waals surface area contributed by atoms with Gasteiger partial charge in [-0.15, -0.1) is 0 Å². The highest BCUT2D eigenvalue weighted by Gasteiger charge is 2.27. The number of hydrogen-bond acceptors (Lipinski definition) is 4. The van der Waals surface area contributed by atoms with Crippen LogP contribution in [-0.2, 0) is 11.2 Å². The molecule has 1 aromatic heterocycles. The minimum Gasteiger partial charge on any atom is -0.340 e. The maximum absolute atomic E-state index is 12.7. The maximum Gasteiger partial charge on any atom is 0.229 e. The van der Waals surface area contributed by atoms with E-state index in [0.29, 0.717) is 6.54 Å². The first-order chi connectivity index (χ1) is 11.7. The van der Waals surface area contributed by atoms with Gasteiger partial charge in [0.25, 0.3) is 0 Å². The number of aryl methyl sites for hydroxylation is 2. The molecule has 1 aliphatic rings. The summed E-state index contributed by atoms with van der Waals surface area (Å²) >= 11 is 0. The Labute approximate surface area is 143 Å². The van der Waals surface area contributed by atoms with Crippen LogP contribution >= 0.6 is 0 Å². The van der Waals surface area contributed by atoms with E-state index in [-0.39, 0.29) is 11.8 Å². The molecule has 2 aromatic rings. The largest absolute Gasteiger partial charge is 0.340 e. The zero-order valence-electron chi connectivity index (χ0n) is 14.3. The van der Waals surface area contributed by atoms with E-state index < -0.39 is 0 Å². The molecule has 5 nitrogen and oxygen atoms in total. The number of carbonyl (C=O) groups is 1. The zero-order valence-corrected chi connectivity index (χ0v) is 14.3. The molecule has 1 aliphatic heterocycles. The Balaban J connectivity index is 1.69. The molecule has 3 rings (SSSR count). The number of aromatic nitrogens is 2. The molecule has 0 radical (unpaired) electrons. The smallest absolute Gasteiger partial charge is 0.229 e. The lowest BCUT2D eigenvalue weighted by Crippen LogP contribution is -2.41. The molecule has 0 saturated carbocycles. The van der Waals surface area contributed by atoms with Crippen molar-refractivity contribution >= 4 is 17.5 Å². The average molecular weight is 324 g/mol. The van der Waals surface area contributed by atoms with Crippen LogP contribution in [0, 0.1) is 12.8 Å². The van der Waals surface area contributed by atoms with Crippen molar-refractivity contribution < 1.29 is 4.79 Å². The van der Waals surface area contributed by atoms with Gasteiger partial charge >= 0.3 is 0 Å². The number of para-hydroxylation sites is 1. The van der Waals surface area contributed by atoms with Gasteiger partial charge in [-0.3, -0.25) is 4.79 Å². The van der Waals surface area contributed by atoms with E-state index in [4.69, 9.17) is 0 Å². The molecule has 1 saturated heterocycles. The molecule has 0 spiro atoms. The number of nitrogens with zero attached hydrogens (tertiary/aromatic N) is 3. The highest BCUT2D eigenvalue weighted by atomic mass is 16.1. The van der Waals surface area contributed by atoms with E-state index in [2.05, 4.69) is 33.2 Å². The fraction of sp³-hybridized carbons (Fsp3) is 0.421. The van der Waals surface area contributed by atoms with Crippen molar-refractivity contribution in [3.05, 3.63) is 47.8 Å². The molecule has 0 aliphatic carbocycles. The summed E-state index contributed by atoms with van der Waals surface area (Å²) in [6.45, 7) is 5.63. The first kappa shape index (κ1) is 16.4. The molecule has 1 atom stereocenters. The number of hydrogen-bond donors (Lipinski definition) is 1. The fourth-order valence-electron chi connectivity index (χ4n) is 3.15. The quantitative estimate of drug-likeness (QED) is 0.938. The van der Waals surface area contributed by atoms with Gasteiger partial charge in [0.15, 0.2) is 0 Å². The van der Waals surface area contributed by atoms with Crippen LogP contribution in [0.1, 0.15) is 31.0 Å². The number of benzene rings is 1. The summed E-state index contributed by atoms with van der Waals surface area (Å²) in [5, 5.41) is 3.11. The molecule has 1 aromatic carbocycles. The van der Waals surface area contributed by atoms with Crippen molar-refractivity contribution in [2.75, 3.05) is 23.3 Å². The van der Waals surface area contributed by atoms with Crippen LogP contribution < -0.4 is 10.2 Å². The summed E-state index contributed by atoms with van der Waals surface area (Å²) in [7, 11) is 0. The number of rotatable bonds is 4. The Kier molecular flexibility index (Phi) is 5.08. The standard InChI is InChI=1S/C19H24N4O/c1-3-15-7-4-5-9-17(15)22-18(24)16-8-6-12-23(13-16)19-20-11-10-14(2)21-19/h4-5,7,9-11,16H,3,6,8,12-13H2,1-2H3,(H,22,24)/t16-/m1/s1. The number of carbonyl (C=O) groups excluding carboxylic acids is 1. The van der Waals surface area contributed by atoms with Gasteiger partial charge < -0.3 is 10.2 Å². The van der Waals surface area contributed by atoms with Crippen molar-refractivity contribution in [2.24, 2.45) is 5.92 Å². The van der Waals surface area contributed by atoms with Crippen molar-refractivity contribution in [1.82, 2.24) is 9.97 Å². The molecule has 24 heavy (non-hydrogen) atoms. The lowest BCUT2D eigenvalue weighted by Gasteiger charge is -2.32. The maximum atomic E-state index is 12.7. The highest BCUT2D eigenvalue weighted by molar-refractivity contribution is 5.93. The summed E-state index contributed by atoms with van der Waals surface area (Å²) in [6.07, 6.45) is 4.57. The first-order valence-corrected chi connectivity index (χ1v) is 8.60. The zero-order chi connectivity index (χ0) is 16.9. The summed E-state index contributed by atoms with van der Waals surface area (Å²) in [4.78, 5) is 23.7. The molecular formula is C19H24N4O. The van der Waals surface area contributed by atoms with E-state index in [1.54, 1.807) is 6.20 Å². The highest BCUT2D eigenvalue weighted by Crippen LogP contribution is 2.23. The van der Waals surface area contributed by atoms with Crippen molar-refractivity contribution in [2.45, 2.75) is 33.1 Å². The summed E-state index contributed by atoms with van der Waals surface area (Å²) in [5.74, 6) is 0.780. The fourth-order valence-corrected chi connectivity index (χ4v) is 3.15. The van der Waals surface area contributed by atoms with E-state index in [1.807, 2.05) is 31.2 Å². The second-order valence-corrected chi connectivity index (χ2v) is 6.28. The lowest BCUT2D eigenvalue weighted by atomic mass is 9.97. The molecule has 5 heteroatoms. The third-order valence-corrected chi connectivity index (χ3v) is 4.51. The van der Waals surface area contributed by atoms with Gasteiger partial charge in [0.05, 0.1) is 5.92 Å². The first-order valence-electron chi connectivity index (χ1n) is 8.60. The van der Waals surface area contributed by atoms with Crippen molar-refractivity contribution in [3.8, 4) is 0 Å². The third kappa shape index (κ3) is 3.72. The molecule has 2 heterocycles. The van der Waals surface area contributed by atoms with Gasteiger partial charge in [0.2, 0.25) is 11.9 Å². The Morgan fingerprint density at radius 2 is 2.17 bits per heavy atom. The molecule has 1 amide bonds. The predicted octanol–water partition coefficient (Wildman–Crippen LogP) is 3.20. The van der Waals surface area contributed by atoms with E-state index in [1.165, 1.54) is 5.56 Å². The van der Waals surface area contributed by atoms with Crippen molar-refractivity contribution in [1.29, 1.82) is 0 Å². The van der Waals surface area contributed by atoms with Gasteiger partial charge in [-0.05, 0) is 43.9 Å². The molecule has 1 N–H and O–H groups in total. The monoisotopic (exact) mass is 324 g/mol. The normalized spacial score (nSPS) is 17.6. The van der Waals surface area contributed by atoms with Gasteiger partial charge in [0.1, 0.15) is 0 Å². The van der Waals surface area contributed by atoms with E-state index in [9.17, 15) is 4.79 Å². The molecule has 0 bridgehead atoms. The van der Waals surface area contributed by atoms with Crippen LogP contribution in [-0.4, -0.2) is 29.0 Å². The van der Waals surface area contributed by atoms with E-state index in [0.717, 1.165) is 43.1 Å². The Morgan fingerprint density at radius 3 is 2.96 bits per heavy atom. The van der Waals surface area contributed by atoms with Crippen LogP contribution in [0.4, 0.5) is 11.6 Å². The molecule has 0 unspecified atom stereocenters. The van der Waals surface area contributed by atoms with E-state index >= 15 is 0 Å². The second kappa shape index (κ2) is 7.43. The predicted molar refractivity (Wildman–Crippen MR) is 96.2 cm³/mol. The number of piperidine rings is 1. The van der Waals surface area contributed by atoms with Crippen LogP contribution in [0.5, 0.6) is 0 Å². The topological polar surface area (TPSA) is 58.1 Å². The molecular weight excluding hydrogens is 300 g/mol. The Hall–Kier alpha value is -2.43. The second-order valence-electron chi connectivity index (χ2n) is 6.28. The van der Waals surface area contributed by atoms with Gasteiger partial charge in [0, 0.05) is 30.7 Å². The van der Waals surface area contributed by atoms with Crippen LogP contribution in [0.15, 0.2) is 36.5 Å². The number of amides is 1. The number of nitrogens with one attached hydrogen (secondary N) is 1. The van der Waals surface area contributed by atoms with Crippen LogP contribution in [0.25, 0.3) is 0 Å². The molecule has 126 valence electrons. The van der Waals surface area contributed by atoms with Crippen molar-refractivity contribution in [3.63, 3.8) is 0 Å². The minimum atomic E-state index is -0.0345. The van der Waals surface area contributed by atoms with Gasteiger partial charge in [-0.1, -0.05) is 25.1 Å². The summed E-state index contributed by atoms with van der Waals surface area (Å²) < 4.78 is 0. The van der Waals surface area contributed by atoms with Gasteiger partial charge in [-0.2, -0.15) is 0 Å². The Bertz CT molecular complexity index is 716.